The molecular weight excluding hydrogens is 663 g/mol. The van der Waals surface area contributed by atoms with Gasteiger partial charge in [0.25, 0.3) is 0 Å². The minimum absolute atomic E-state index is 0.0693. The number of aliphatic hydroxyl groups excluding tert-OH is 2. The van der Waals surface area contributed by atoms with Crippen molar-refractivity contribution in [1.29, 1.82) is 0 Å². The Labute approximate surface area is 292 Å². The van der Waals surface area contributed by atoms with Crippen LogP contribution in [0.3, 0.4) is 0 Å². The number of benzene rings is 3. The van der Waals surface area contributed by atoms with Gasteiger partial charge in [0.15, 0.2) is 0 Å². The number of ether oxygens (including phenoxy) is 1. The second kappa shape index (κ2) is 17.5. The van der Waals surface area contributed by atoms with E-state index in [4.69, 9.17) is 4.74 Å². The van der Waals surface area contributed by atoms with Crippen LogP contribution in [0.25, 0.3) is 0 Å². The van der Waals surface area contributed by atoms with Crippen molar-refractivity contribution in [3.05, 3.63) is 124 Å². The summed E-state index contributed by atoms with van der Waals surface area (Å²) in [6.07, 6.45) is -0.171. The minimum Gasteiger partial charge on any atom is -0.453 e. The fourth-order valence-corrected chi connectivity index (χ4v) is 8.39. The lowest BCUT2D eigenvalue weighted by molar-refractivity contribution is -0.124. The highest BCUT2D eigenvalue weighted by molar-refractivity contribution is 7.89. The molecule has 3 atom stereocenters. The first kappa shape index (κ1) is 37.7. The Balaban J connectivity index is 1.63. The summed E-state index contributed by atoms with van der Waals surface area (Å²) in [5.41, 5.74) is 2.25. The molecule has 12 heteroatoms. The standard InChI is InChI=1S/C37H45N3O7S2/c1-25(2)21-22-40(49(45,46)30-17-15-27(23-41)16-18-30)31(24-42)33-20-19-32(48-33)26(3)38-36(43)35(39-37(44)47-4)34(28-11-7-5-8-12-28)29-13-9-6-10-14-29/h5-20,25-26,31,34-35,41-42H,21-24H2,1-4H3,(H,38,43)(H,39,44)/t26?,31?,35-/m0/s1. The van der Waals surface area contributed by atoms with E-state index in [2.05, 4.69) is 10.6 Å². The highest BCUT2D eigenvalue weighted by Crippen LogP contribution is 2.35. The fourth-order valence-electron chi connectivity index (χ4n) is 5.59. The second-order valence-electron chi connectivity index (χ2n) is 12.2. The van der Waals surface area contributed by atoms with E-state index in [0.717, 1.165) is 16.0 Å². The van der Waals surface area contributed by atoms with Crippen LogP contribution in [0.4, 0.5) is 4.79 Å². The van der Waals surface area contributed by atoms with Gasteiger partial charge in [0.2, 0.25) is 15.9 Å². The second-order valence-corrected chi connectivity index (χ2v) is 15.2. The Morgan fingerprint density at radius 2 is 1.39 bits per heavy atom. The van der Waals surface area contributed by atoms with Gasteiger partial charge in [-0.3, -0.25) is 4.79 Å². The fraction of sp³-hybridized carbons (Fsp3) is 0.351. The first-order chi connectivity index (χ1) is 23.5. The van der Waals surface area contributed by atoms with Crippen molar-refractivity contribution in [3.63, 3.8) is 0 Å². The highest BCUT2D eigenvalue weighted by atomic mass is 32.2. The Morgan fingerprint density at radius 1 is 0.816 bits per heavy atom. The van der Waals surface area contributed by atoms with E-state index in [0.29, 0.717) is 16.9 Å². The van der Waals surface area contributed by atoms with E-state index in [9.17, 15) is 28.2 Å². The molecule has 4 aromatic rings. The molecule has 0 aliphatic carbocycles. The predicted octanol–water partition coefficient (Wildman–Crippen LogP) is 5.74. The summed E-state index contributed by atoms with van der Waals surface area (Å²) in [5.74, 6) is -0.751. The number of hydrogen-bond acceptors (Lipinski definition) is 8. The van der Waals surface area contributed by atoms with Crippen LogP contribution in [0.1, 0.15) is 71.6 Å². The number of carbonyl (C=O) groups excluding carboxylic acids is 2. The van der Waals surface area contributed by atoms with Gasteiger partial charge in [-0.25, -0.2) is 13.2 Å². The monoisotopic (exact) mass is 707 g/mol. The van der Waals surface area contributed by atoms with Gasteiger partial charge in [-0.05, 0) is 60.2 Å². The van der Waals surface area contributed by atoms with E-state index in [1.165, 1.54) is 34.9 Å². The van der Waals surface area contributed by atoms with Crippen molar-refractivity contribution in [2.24, 2.45) is 5.92 Å². The SMILES string of the molecule is COC(=O)N[C@H](C(=O)NC(C)c1ccc(C(CO)N(CCC(C)C)S(=O)(=O)c2ccc(CO)cc2)s1)C(c1ccccc1)c1ccccc1. The molecule has 0 bridgehead atoms. The molecule has 0 radical (unpaired) electrons. The molecule has 0 aliphatic heterocycles. The smallest absolute Gasteiger partial charge is 0.407 e. The number of nitrogens with one attached hydrogen (secondary N) is 2. The van der Waals surface area contributed by atoms with Crippen LogP contribution in [0.15, 0.2) is 102 Å². The Kier molecular flexibility index (Phi) is 13.5. The van der Waals surface area contributed by atoms with Gasteiger partial charge in [-0.15, -0.1) is 11.3 Å². The molecular formula is C37H45N3O7S2. The quantitative estimate of drug-likeness (QED) is 0.116. The summed E-state index contributed by atoms with van der Waals surface area (Å²) in [5, 5.41) is 25.8. The van der Waals surface area contributed by atoms with E-state index in [1.807, 2.05) is 87.5 Å². The Bertz CT molecular complexity index is 1710. The molecule has 0 aliphatic rings. The number of hydrogen-bond donors (Lipinski definition) is 4. The van der Waals surface area contributed by atoms with Gasteiger partial charge in [-0.1, -0.05) is 86.6 Å². The maximum absolute atomic E-state index is 14.0. The average Bonchev–Trinajstić information content (AvgIpc) is 3.60. The molecule has 2 unspecified atom stereocenters. The molecule has 1 aromatic heterocycles. The first-order valence-electron chi connectivity index (χ1n) is 16.2. The van der Waals surface area contributed by atoms with Crippen LogP contribution >= 0.6 is 11.3 Å². The molecule has 1 heterocycles. The van der Waals surface area contributed by atoms with Crippen LogP contribution in [-0.4, -0.2) is 61.2 Å². The molecule has 49 heavy (non-hydrogen) atoms. The zero-order valence-electron chi connectivity index (χ0n) is 28.2. The summed E-state index contributed by atoms with van der Waals surface area (Å²) >= 11 is 1.30. The van der Waals surface area contributed by atoms with E-state index in [-0.39, 0.29) is 24.0 Å². The third-order valence-electron chi connectivity index (χ3n) is 8.31. The number of aliphatic hydroxyl groups is 2. The maximum Gasteiger partial charge on any atom is 0.407 e. The van der Waals surface area contributed by atoms with Gasteiger partial charge < -0.3 is 25.6 Å². The Morgan fingerprint density at radius 3 is 1.90 bits per heavy atom. The molecule has 4 rings (SSSR count). The summed E-state index contributed by atoms with van der Waals surface area (Å²) < 4.78 is 34.1. The number of amides is 2. The van der Waals surface area contributed by atoms with Crippen LogP contribution in [0, 0.1) is 5.92 Å². The molecule has 0 fully saturated rings. The molecule has 4 N–H and O–H groups in total. The van der Waals surface area contributed by atoms with Crippen LogP contribution < -0.4 is 10.6 Å². The first-order valence-corrected chi connectivity index (χ1v) is 18.4. The lowest BCUT2D eigenvalue weighted by atomic mass is 9.84. The summed E-state index contributed by atoms with van der Waals surface area (Å²) in [6, 6.07) is 26.1. The van der Waals surface area contributed by atoms with Crippen molar-refractivity contribution in [2.75, 3.05) is 20.3 Å². The summed E-state index contributed by atoms with van der Waals surface area (Å²) in [7, 11) is -2.78. The predicted molar refractivity (Wildman–Crippen MR) is 190 cm³/mol. The van der Waals surface area contributed by atoms with Crippen molar-refractivity contribution in [1.82, 2.24) is 14.9 Å². The number of nitrogens with zero attached hydrogens (tertiary/aromatic N) is 1. The molecule has 0 saturated heterocycles. The van der Waals surface area contributed by atoms with Crippen molar-refractivity contribution in [2.45, 2.75) is 62.7 Å². The van der Waals surface area contributed by atoms with Gasteiger partial charge in [0.05, 0.1) is 37.3 Å². The number of carbonyl (C=O) groups is 2. The molecule has 0 spiro atoms. The summed E-state index contributed by atoms with van der Waals surface area (Å²) in [4.78, 5) is 28.0. The number of sulfonamides is 1. The Hall–Kier alpha value is -4.07. The van der Waals surface area contributed by atoms with Crippen LogP contribution in [0.5, 0.6) is 0 Å². The van der Waals surface area contributed by atoms with Gasteiger partial charge in [0.1, 0.15) is 6.04 Å². The zero-order chi connectivity index (χ0) is 35.6. The average molecular weight is 708 g/mol. The van der Waals surface area contributed by atoms with E-state index < -0.39 is 52.7 Å². The highest BCUT2D eigenvalue weighted by Gasteiger charge is 2.35. The van der Waals surface area contributed by atoms with E-state index >= 15 is 0 Å². The molecule has 10 nitrogen and oxygen atoms in total. The normalized spacial score (nSPS) is 13.7. The molecule has 2 amide bonds. The molecule has 0 saturated carbocycles. The van der Waals surface area contributed by atoms with Gasteiger partial charge >= 0.3 is 6.09 Å². The number of rotatable bonds is 16. The topological polar surface area (TPSA) is 145 Å². The van der Waals surface area contributed by atoms with Crippen LogP contribution in [0.2, 0.25) is 0 Å². The third-order valence-corrected chi connectivity index (χ3v) is 11.6. The van der Waals surface area contributed by atoms with E-state index in [1.54, 1.807) is 18.2 Å². The van der Waals surface area contributed by atoms with Crippen molar-refractivity contribution in [3.8, 4) is 0 Å². The van der Waals surface area contributed by atoms with Crippen LogP contribution in [-0.2, 0) is 26.2 Å². The largest absolute Gasteiger partial charge is 0.453 e. The summed E-state index contributed by atoms with van der Waals surface area (Å²) in [6.45, 7) is 5.35. The van der Waals surface area contributed by atoms with Crippen molar-refractivity contribution < 1.29 is 33.0 Å². The third kappa shape index (κ3) is 9.55. The maximum atomic E-state index is 14.0. The lowest BCUT2D eigenvalue weighted by Crippen LogP contribution is -2.50. The molecule has 262 valence electrons. The van der Waals surface area contributed by atoms with Gasteiger partial charge in [-0.2, -0.15) is 4.31 Å². The minimum atomic E-state index is -4.02. The number of methoxy groups -OCH3 is 1. The number of thiophene rings is 1. The number of alkyl carbamates (subject to hydrolysis) is 1. The van der Waals surface area contributed by atoms with Gasteiger partial charge in [0, 0.05) is 22.2 Å². The molecule has 3 aromatic carbocycles. The lowest BCUT2D eigenvalue weighted by Gasteiger charge is -2.30. The zero-order valence-corrected chi connectivity index (χ0v) is 29.8. The van der Waals surface area contributed by atoms with Crippen molar-refractivity contribution >= 4 is 33.4 Å².